The normalized spacial score (nSPS) is 12.5. The van der Waals surface area contributed by atoms with Crippen molar-refractivity contribution < 1.29 is 0 Å². The van der Waals surface area contributed by atoms with Gasteiger partial charge in [-0.25, -0.2) is 0 Å². The van der Waals surface area contributed by atoms with E-state index in [2.05, 4.69) is 71.7 Å². The highest BCUT2D eigenvalue weighted by Gasteiger charge is 2.12. The van der Waals surface area contributed by atoms with Crippen molar-refractivity contribution in [3.63, 3.8) is 0 Å². The highest BCUT2D eigenvalue weighted by molar-refractivity contribution is 5.83. The van der Waals surface area contributed by atoms with E-state index in [1.54, 1.807) is 6.20 Å². The van der Waals surface area contributed by atoms with Crippen LogP contribution in [0.3, 0.4) is 0 Å². The molecule has 0 aliphatic heterocycles. The molecule has 0 radical (unpaired) electrons. The van der Waals surface area contributed by atoms with E-state index in [0.717, 1.165) is 5.69 Å². The first-order valence-electron chi connectivity index (χ1n) is 8.38. The highest BCUT2D eigenvalue weighted by Crippen LogP contribution is 2.28. The second-order valence-corrected chi connectivity index (χ2v) is 5.95. The van der Waals surface area contributed by atoms with Gasteiger partial charge in [-0.3, -0.25) is 9.98 Å². The average Bonchev–Trinajstić information content (AvgIpc) is 2.70. The van der Waals surface area contributed by atoms with Gasteiger partial charge in [0.1, 0.15) is 6.04 Å². The van der Waals surface area contributed by atoms with Gasteiger partial charge in [-0.1, -0.05) is 72.8 Å². The fourth-order valence-corrected chi connectivity index (χ4v) is 2.98. The van der Waals surface area contributed by atoms with Gasteiger partial charge >= 0.3 is 0 Å². The molecule has 1 heterocycles. The minimum absolute atomic E-state index is 0.0483. The Morgan fingerprint density at radius 2 is 1.44 bits per heavy atom. The molecule has 0 spiro atoms. The first-order chi connectivity index (χ1) is 12.4. The van der Waals surface area contributed by atoms with Crippen LogP contribution in [0, 0.1) is 0 Å². The largest absolute Gasteiger partial charge is 0.278 e. The van der Waals surface area contributed by atoms with Crippen molar-refractivity contribution in [3.8, 4) is 0 Å². The number of rotatable bonds is 4. The number of hydrogen-bond donors (Lipinski definition) is 0. The van der Waals surface area contributed by atoms with Gasteiger partial charge in [-0.15, -0.1) is 0 Å². The summed E-state index contributed by atoms with van der Waals surface area (Å²) in [5, 5.41) is 2.47. The molecule has 120 valence electrons. The van der Waals surface area contributed by atoms with E-state index in [4.69, 9.17) is 4.99 Å². The lowest BCUT2D eigenvalue weighted by molar-refractivity contribution is 0.879. The van der Waals surface area contributed by atoms with Crippen LogP contribution in [0.2, 0.25) is 0 Å². The third kappa shape index (κ3) is 3.48. The first kappa shape index (κ1) is 15.3. The molecule has 25 heavy (non-hydrogen) atoms. The zero-order valence-corrected chi connectivity index (χ0v) is 13.8. The summed E-state index contributed by atoms with van der Waals surface area (Å²) in [6, 6.07) is 31.1. The molecule has 0 aliphatic rings. The molecule has 0 amide bonds. The minimum atomic E-state index is -0.0483. The fourth-order valence-electron chi connectivity index (χ4n) is 2.98. The lowest BCUT2D eigenvalue weighted by atomic mass is 9.97. The topological polar surface area (TPSA) is 25.2 Å². The van der Waals surface area contributed by atoms with E-state index in [9.17, 15) is 0 Å². The highest BCUT2D eigenvalue weighted by atomic mass is 14.8. The summed E-state index contributed by atoms with van der Waals surface area (Å²) in [6.07, 6.45) is 3.64. The summed E-state index contributed by atoms with van der Waals surface area (Å²) in [7, 11) is 0. The molecule has 2 nitrogen and oxygen atoms in total. The molecule has 0 saturated heterocycles. The third-order valence-corrected chi connectivity index (χ3v) is 4.25. The number of aliphatic imine (C=N–C) groups is 1. The molecule has 2 heteroatoms. The molecule has 0 aliphatic carbocycles. The molecule has 0 bridgehead atoms. The molecule has 0 N–H and O–H groups in total. The summed E-state index contributed by atoms with van der Waals surface area (Å²) in [4.78, 5) is 9.19. The summed E-state index contributed by atoms with van der Waals surface area (Å²) < 4.78 is 0. The fraction of sp³-hybridized carbons (Fsp3) is 0.0435. The summed E-state index contributed by atoms with van der Waals surface area (Å²) >= 11 is 0. The van der Waals surface area contributed by atoms with Crippen molar-refractivity contribution in [2.45, 2.75) is 6.04 Å². The lowest BCUT2D eigenvalue weighted by Gasteiger charge is -2.14. The molecule has 4 aromatic rings. The van der Waals surface area contributed by atoms with E-state index in [1.807, 2.05) is 30.5 Å². The molecule has 0 saturated carbocycles. The van der Waals surface area contributed by atoms with Crippen LogP contribution >= 0.6 is 0 Å². The Morgan fingerprint density at radius 3 is 2.24 bits per heavy atom. The SMILES string of the molecule is C(=N\C(c1ccccc1)c1ccc2ccccc2c1)/c1ccccn1. The molecular formula is C23H18N2. The van der Waals surface area contributed by atoms with Crippen LogP contribution < -0.4 is 0 Å². The van der Waals surface area contributed by atoms with E-state index < -0.39 is 0 Å². The Hall–Kier alpha value is -3.26. The summed E-state index contributed by atoms with van der Waals surface area (Å²) in [6.45, 7) is 0. The Labute approximate surface area is 147 Å². The van der Waals surface area contributed by atoms with Gasteiger partial charge < -0.3 is 0 Å². The number of pyridine rings is 1. The van der Waals surface area contributed by atoms with Gasteiger partial charge in [0.05, 0.1) is 5.69 Å². The zero-order chi connectivity index (χ0) is 16.9. The number of benzene rings is 3. The van der Waals surface area contributed by atoms with Gasteiger partial charge in [0.2, 0.25) is 0 Å². The molecule has 4 rings (SSSR count). The first-order valence-corrected chi connectivity index (χ1v) is 8.38. The summed E-state index contributed by atoms with van der Waals surface area (Å²) in [5.74, 6) is 0. The van der Waals surface area contributed by atoms with Crippen LogP contribution in [-0.4, -0.2) is 11.2 Å². The van der Waals surface area contributed by atoms with Crippen LogP contribution in [0.5, 0.6) is 0 Å². The third-order valence-electron chi connectivity index (χ3n) is 4.25. The Bertz CT molecular complexity index is 992. The minimum Gasteiger partial charge on any atom is -0.278 e. The summed E-state index contributed by atoms with van der Waals surface area (Å²) in [5.41, 5.74) is 3.21. The smallest absolute Gasteiger partial charge is 0.100 e. The maximum Gasteiger partial charge on any atom is 0.100 e. The maximum absolute atomic E-state index is 4.85. The van der Waals surface area contributed by atoms with Gasteiger partial charge in [-0.2, -0.15) is 0 Å². The van der Waals surface area contributed by atoms with Crippen LogP contribution in [0.15, 0.2) is 102 Å². The van der Waals surface area contributed by atoms with E-state index in [-0.39, 0.29) is 6.04 Å². The van der Waals surface area contributed by atoms with Crippen LogP contribution in [0.4, 0.5) is 0 Å². The second kappa shape index (κ2) is 7.10. The predicted molar refractivity (Wildman–Crippen MR) is 104 cm³/mol. The monoisotopic (exact) mass is 322 g/mol. The van der Waals surface area contributed by atoms with Crippen molar-refractivity contribution in [2.75, 3.05) is 0 Å². The van der Waals surface area contributed by atoms with Crippen molar-refractivity contribution in [1.29, 1.82) is 0 Å². The molecule has 3 aromatic carbocycles. The van der Waals surface area contributed by atoms with Crippen molar-refractivity contribution in [1.82, 2.24) is 4.98 Å². The average molecular weight is 322 g/mol. The molecule has 1 unspecified atom stereocenters. The van der Waals surface area contributed by atoms with Crippen LogP contribution in [0.25, 0.3) is 10.8 Å². The Balaban J connectivity index is 1.77. The van der Waals surface area contributed by atoms with Crippen molar-refractivity contribution >= 4 is 17.0 Å². The second-order valence-electron chi connectivity index (χ2n) is 5.95. The van der Waals surface area contributed by atoms with Gasteiger partial charge in [0.25, 0.3) is 0 Å². The standard InChI is InChI=1S/C23H18N2/c1-2-9-19(10-3-1)23(25-17-22-12-6-7-15-24-22)21-14-13-18-8-4-5-11-20(18)16-21/h1-17,23H/b25-17+. The lowest BCUT2D eigenvalue weighted by Crippen LogP contribution is -1.99. The van der Waals surface area contributed by atoms with Gasteiger partial charge in [-0.05, 0) is 40.1 Å². The van der Waals surface area contributed by atoms with Crippen molar-refractivity contribution in [3.05, 3.63) is 114 Å². The number of fused-ring (bicyclic) bond motifs is 1. The van der Waals surface area contributed by atoms with E-state index in [0.29, 0.717) is 0 Å². The molecule has 1 atom stereocenters. The number of nitrogens with zero attached hydrogens (tertiary/aromatic N) is 2. The molecule has 0 fully saturated rings. The van der Waals surface area contributed by atoms with Gasteiger partial charge in [0, 0.05) is 12.4 Å². The van der Waals surface area contributed by atoms with E-state index >= 15 is 0 Å². The van der Waals surface area contributed by atoms with E-state index in [1.165, 1.54) is 21.9 Å². The predicted octanol–water partition coefficient (Wildman–Crippen LogP) is 5.44. The van der Waals surface area contributed by atoms with Crippen LogP contribution in [0.1, 0.15) is 22.9 Å². The Kier molecular flexibility index (Phi) is 4.34. The van der Waals surface area contributed by atoms with Crippen molar-refractivity contribution in [2.24, 2.45) is 4.99 Å². The Morgan fingerprint density at radius 1 is 0.680 bits per heavy atom. The van der Waals surface area contributed by atoms with Gasteiger partial charge in [0.15, 0.2) is 0 Å². The number of hydrogen-bond acceptors (Lipinski definition) is 2. The molecular weight excluding hydrogens is 304 g/mol. The maximum atomic E-state index is 4.85. The zero-order valence-electron chi connectivity index (χ0n) is 13.8. The quantitative estimate of drug-likeness (QED) is 0.459. The number of aromatic nitrogens is 1. The van der Waals surface area contributed by atoms with Crippen LogP contribution in [-0.2, 0) is 0 Å². The molecule has 1 aromatic heterocycles.